The minimum Gasteiger partial charge on any atom is -0.488 e. The van der Waals surface area contributed by atoms with Gasteiger partial charge in [-0.2, -0.15) is 21.9 Å². The van der Waals surface area contributed by atoms with Crippen molar-refractivity contribution in [2.24, 2.45) is 0 Å². The molecule has 0 unspecified atom stereocenters. The van der Waals surface area contributed by atoms with Gasteiger partial charge in [-0.25, -0.2) is 0 Å². The SMILES string of the molecule is CC(C)(C)Oc1ccc([B-](c2ccccc2)(c2ccc(OC(C)(C)C)cc2)c2ccc(OC(C)(C)C)cc2)cc1. The lowest BCUT2D eigenvalue weighted by atomic mass is 9.13. The summed E-state index contributed by atoms with van der Waals surface area (Å²) in [5, 5.41) is 0. The van der Waals surface area contributed by atoms with Crippen LogP contribution in [-0.2, 0) is 0 Å². The third-order valence-corrected chi connectivity index (χ3v) is 6.71. The molecule has 0 fully saturated rings. The first-order valence-electron chi connectivity index (χ1n) is 14.3. The molecule has 0 saturated carbocycles. The van der Waals surface area contributed by atoms with E-state index in [-0.39, 0.29) is 16.8 Å². The fourth-order valence-corrected chi connectivity index (χ4v) is 5.43. The maximum Gasteiger partial charge on any atom is 0.119 e. The molecule has 0 saturated heterocycles. The number of ether oxygens (including phenoxy) is 3. The molecule has 40 heavy (non-hydrogen) atoms. The van der Waals surface area contributed by atoms with Crippen molar-refractivity contribution in [3.05, 3.63) is 103 Å². The lowest BCUT2D eigenvalue weighted by molar-refractivity contribution is 0.130. The van der Waals surface area contributed by atoms with Gasteiger partial charge in [0.05, 0.1) is 0 Å². The molecule has 0 atom stereocenters. The van der Waals surface area contributed by atoms with Crippen molar-refractivity contribution in [1.29, 1.82) is 0 Å². The van der Waals surface area contributed by atoms with Crippen LogP contribution >= 0.6 is 0 Å². The summed E-state index contributed by atoms with van der Waals surface area (Å²) in [6, 6.07) is 36.6. The second-order valence-corrected chi connectivity index (χ2v) is 13.6. The molecular weight excluding hydrogens is 491 g/mol. The van der Waals surface area contributed by atoms with Gasteiger partial charge in [0, 0.05) is 0 Å². The first-order valence-corrected chi connectivity index (χ1v) is 14.3. The van der Waals surface area contributed by atoms with Gasteiger partial charge >= 0.3 is 0 Å². The average Bonchev–Trinajstić information content (AvgIpc) is 2.85. The van der Waals surface area contributed by atoms with Crippen LogP contribution in [0.4, 0.5) is 0 Å². The van der Waals surface area contributed by atoms with Crippen LogP contribution in [-0.4, -0.2) is 22.9 Å². The summed E-state index contributed by atoms with van der Waals surface area (Å²) < 4.78 is 18.6. The van der Waals surface area contributed by atoms with E-state index in [1.165, 1.54) is 21.9 Å². The van der Waals surface area contributed by atoms with E-state index in [1.807, 2.05) is 0 Å². The second kappa shape index (κ2) is 11.1. The van der Waals surface area contributed by atoms with Crippen molar-refractivity contribution < 1.29 is 14.2 Å². The number of hydrogen-bond acceptors (Lipinski definition) is 3. The predicted molar refractivity (Wildman–Crippen MR) is 171 cm³/mol. The van der Waals surface area contributed by atoms with Gasteiger partial charge in [-0.05, 0) is 98.7 Å². The first kappa shape index (κ1) is 29.3. The largest absolute Gasteiger partial charge is 0.488 e. The molecule has 0 N–H and O–H groups in total. The Balaban J connectivity index is 1.94. The highest BCUT2D eigenvalue weighted by Gasteiger charge is 2.32. The Kier molecular flexibility index (Phi) is 8.12. The summed E-state index contributed by atoms with van der Waals surface area (Å²) in [7, 11) is 0. The molecule has 0 bridgehead atoms. The molecule has 0 radical (unpaired) electrons. The quantitative estimate of drug-likeness (QED) is 0.250. The Labute approximate surface area is 241 Å². The molecule has 0 spiro atoms. The third kappa shape index (κ3) is 7.10. The Morgan fingerprint density at radius 3 is 0.850 bits per heavy atom. The highest BCUT2D eigenvalue weighted by Crippen LogP contribution is 2.22. The molecule has 0 aliphatic rings. The van der Waals surface area contributed by atoms with Gasteiger partial charge < -0.3 is 14.2 Å². The summed E-state index contributed by atoms with van der Waals surface area (Å²) in [5.74, 6) is 2.57. The van der Waals surface area contributed by atoms with E-state index in [0.717, 1.165) is 17.2 Å². The fraction of sp³-hybridized carbons (Fsp3) is 0.333. The van der Waals surface area contributed by atoms with Crippen molar-refractivity contribution in [2.75, 3.05) is 0 Å². The maximum atomic E-state index is 6.18. The zero-order chi connectivity index (χ0) is 29.2. The van der Waals surface area contributed by atoms with Gasteiger partial charge in [0.1, 0.15) is 40.2 Å². The normalized spacial score (nSPS) is 12.6. The summed E-state index contributed by atoms with van der Waals surface area (Å²) in [5.41, 5.74) is 4.06. The Hall–Kier alpha value is -3.66. The molecule has 4 rings (SSSR count). The van der Waals surface area contributed by atoms with Crippen molar-refractivity contribution in [3.63, 3.8) is 0 Å². The molecule has 0 aliphatic heterocycles. The molecule has 0 aromatic heterocycles. The minimum absolute atomic E-state index is 0.269. The van der Waals surface area contributed by atoms with Gasteiger partial charge in [0.2, 0.25) is 0 Å². The number of benzene rings is 4. The third-order valence-electron chi connectivity index (χ3n) is 6.71. The van der Waals surface area contributed by atoms with E-state index < -0.39 is 6.15 Å². The zero-order valence-electron chi connectivity index (χ0n) is 25.6. The Morgan fingerprint density at radius 1 is 0.350 bits per heavy atom. The molecule has 0 amide bonds. The molecular formula is C36H44BO3-. The van der Waals surface area contributed by atoms with E-state index >= 15 is 0 Å². The second-order valence-electron chi connectivity index (χ2n) is 13.6. The van der Waals surface area contributed by atoms with Crippen LogP contribution in [0, 0.1) is 0 Å². The van der Waals surface area contributed by atoms with Gasteiger partial charge in [-0.1, -0.05) is 66.7 Å². The van der Waals surface area contributed by atoms with Gasteiger partial charge in [-0.15, -0.1) is 0 Å². The summed E-state index contributed by atoms with van der Waals surface area (Å²) in [6.07, 6.45) is -1.54. The summed E-state index contributed by atoms with van der Waals surface area (Å²) >= 11 is 0. The highest BCUT2D eigenvalue weighted by atomic mass is 16.5. The van der Waals surface area contributed by atoms with E-state index in [9.17, 15) is 0 Å². The minimum atomic E-state index is -1.54. The van der Waals surface area contributed by atoms with Crippen LogP contribution in [0.2, 0.25) is 0 Å². The lowest BCUT2D eigenvalue weighted by Crippen LogP contribution is -2.74. The van der Waals surface area contributed by atoms with E-state index in [2.05, 4.69) is 165 Å². The zero-order valence-corrected chi connectivity index (χ0v) is 25.6. The van der Waals surface area contributed by atoms with Gasteiger partial charge in [0.25, 0.3) is 0 Å². The summed E-state index contributed by atoms with van der Waals surface area (Å²) in [4.78, 5) is 0. The monoisotopic (exact) mass is 535 g/mol. The number of rotatable bonds is 7. The Morgan fingerprint density at radius 2 is 0.600 bits per heavy atom. The smallest absolute Gasteiger partial charge is 0.119 e. The average molecular weight is 536 g/mol. The van der Waals surface area contributed by atoms with Crippen LogP contribution < -0.4 is 36.1 Å². The predicted octanol–water partition coefficient (Wildman–Crippen LogP) is 6.60. The van der Waals surface area contributed by atoms with Crippen LogP contribution in [0.1, 0.15) is 62.3 Å². The van der Waals surface area contributed by atoms with Crippen molar-refractivity contribution in [2.45, 2.75) is 79.1 Å². The lowest BCUT2D eigenvalue weighted by Gasteiger charge is -2.44. The molecule has 210 valence electrons. The molecule has 4 aromatic rings. The van der Waals surface area contributed by atoms with Gasteiger partial charge in [0.15, 0.2) is 0 Å². The van der Waals surface area contributed by atoms with Crippen LogP contribution in [0.25, 0.3) is 0 Å². The van der Waals surface area contributed by atoms with Crippen molar-refractivity contribution in [1.82, 2.24) is 0 Å². The van der Waals surface area contributed by atoms with Crippen LogP contribution in [0.5, 0.6) is 17.2 Å². The molecule has 0 aliphatic carbocycles. The van der Waals surface area contributed by atoms with Crippen molar-refractivity contribution in [3.8, 4) is 17.2 Å². The first-order chi connectivity index (χ1) is 18.7. The van der Waals surface area contributed by atoms with Crippen molar-refractivity contribution >= 4 is 28.0 Å². The molecule has 4 aromatic carbocycles. The Bertz CT molecular complexity index is 1230. The van der Waals surface area contributed by atoms with E-state index in [4.69, 9.17) is 14.2 Å². The highest BCUT2D eigenvalue weighted by molar-refractivity contribution is 7.19. The van der Waals surface area contributed by atoms with E-state index in [1.54, 1.807) is 0 Å². The fourth-order valence-electron chi connectivity index (χ4n) is 5.43. The summed E-state index contributed by atoms with van der Waals surface area (Å²) in [6.45, 7) is 18.6. The van der Waals surface area contributed by atoms with E-state index in [0.29, 0.717) is 0 Å². The molecule has 3 nitrogen and oxygen atoms in total. The van der Waals surface area contributed by atoms with Crippen LogP contribution in [0.3, 0.4) is 0 Å². The van der Waals surface area contributed by atoms with Crippen LogP contribution in [0.15, 0.2) is 103 Å². The maximum absolute atomic E-state index is 6.18. The van der Waals surface area contributed by atoms with Gasteiger partial charge in [-0.3, -0.25) is 0 Å². The standard InChI is InChI=1S/C36H44BO3/c1-34(2,3)38-31-21-15-28(16-22-31)37(27-13-11-10-12-14-27,29-17-23-32(24-18-29)39-35(4,5)6)30-19-25-33(26-20-30)40-36(7,8)9/h10-26H,1-9H3/q-1. The number of hydrogen-bond donors (Lipinski definition) is 0. The molecule has 4 heteroatoms. The molecule has 0 heterocycles. The topological polar surface area (TPSA) is 27.7 Å².